The van der Waals surface area contributed by atoms with Crippen molar-refractivity contribution in [1.29, 1.82) is 0 Å². The molecule has 23 heavy (non-hydrogen) atoms. The number of pyridine rings is 1. The maximum Gasteiger partial charge on any atom is 0.255 e. The van der Waals surface area contributed by atoms with Gasteiger partial charge in [0.1, 0.15) is 6.04 Å². The molecule has 0 spiro atoms. The third-order valence-electron chi connectivity index (χ3n) is 3.46. The van der Waals surface area contributed by atoms with Crippen LogP contribution in [0.4, 0.5) is 0 Å². The van der Waals surface area contributed by atoms with Gasteiger partial charge in [-0.15, -0.1) is 0 Å². The van der Waals surface area contributed by atoms with E-state index in [1.807, 2.05) is 25.1 Å². The van der Waals surface area contributed by atoms with Gasteiger partial charge >= 0.3 is 0 Å². The van der Waals surface area contributed by atoms with Gasteiger partial charge in [0.2, 0.25) is 5.89 Å². The number of hydrogen-bond acceptors (Lipinski definition) is 5. The third kappa shape index (κ3) is 3.23. The summed E-state index contributed by atoms with van der Waals surface area (Å²) in [7, 11) is 0. The predicted octanol–water partition coefficient (Wildman–Crippen LogP) is 2.41. The minimum atomic E-state index is -0.366. The maximum atomic E-state index is 12.4. The van der Waals surface area contributed by atoms with Gasteiger partial charge in [0.25, 0.3) is 5.91 Å². The zero-order valence-electron chi connectivity index (χ0n) is 13.4. The van der Waals surface area contributed by atoms with Crippen molar-refractivity contribution < 1.29 is 9.32 Å². The zero-order chi connectivity index (χ0) is 16.4. The summed E-state index contributed by atoms with van der Waals surface area (Å²) < 4.78 is 6.90. The summed E-state index contributed by atoms with van der Waals surface area (Å²) in [6.45, 7) is 6.00. The molecular formula is C16H19N5O2. The standard InChI is InChI=1S/C16H19N5O2/c1-10(2)8-14-19-16(23-20-14)11(3)18-15(22)12-9-17-21-7-5-4-6-13(12)21/h4-7,9-11H,8H2,1-3H3,(H,18,22)/t11-/m1/s1. The summed E-state index contributed by atoms with van der Waals surface area (Å²) in [4.78, 5) is 16.8. The number of nitrogens with one attached hydrogen (secondary N) is 1. The predicted molar refractivity (Wildman–Crippen MR) is 83.9 cm³/mol. The minimum Gasteiger partial charge on any atom is -0.340 e. The van der Waals surface area contributed by atoms with Crippen molar-refractivity contribution in [1.82, 2.24) is 25.1 Å². The molecule has 3 heterocycles. The highest BCUT2D eigenvalue weighted by molar-refractivity contribution is 6.00. The molecule has 1 amide bonds. The summed E-state index contributed by atoms with van der Waals surface area (Å²) in [5, 5.41) is 11.0. The largest absolute Gasteiger partial charge is 0.340 e. The average molecular weight is 313 g/mol. The van der Waals surface area contributed by atoms with Gasteiger partial charge in [-0.2, -0.15) is 10.1 Å². The van der Waals surface area contributed by atoms with Crippen LogP contribution < -0.4 is 5.32 Å². The molecule has 0 saturated carbocycles. The van der Waals surface area contributed by atoms with Crippen molar-refractivity contribution in [3.8, 4) is 0 Å². The molecular weight excluding hydrogens is 294 g/mol. The molecule has 3 rings (SSSR count). The Bertz CT molecular complexity index is 821. The van der Waals surface area contributed by atoms with Crippen LogP contribution in [0.2, 0.25) is 0 Å². The molecule has 7 heteroatoms. The second-order valence-corrected chi connectivity index (χ2v) is 5.93. The van der Waals surface area contributed by atoms with E-state index in [1.165, 1.54) is 0 Å². The fourth-order valence-corrected chi connectivity index (χ4v) is 2.34. The Kier molecular flexibility index (Phi) is 4.10. The van der Waals surface area contributed by atoms with Gasteiger partial charge in [0.05, 0.1) is 17.3 Å². The first kappa shape index (κ1) is 15.2. The van der Waals surface area contributed by atoms with Gasteiger partial charge in [0, 0.05) is 12.6 Å². The van der Waals surface area contributed by atoms with Crippen LogP contribution in [0.3, 0.4) is 0 Å². The summed E-state index contributed by atoms with van der Waals surface area (Å²) in [6, 6.07) is 5.21. The number of hydrogen-bond donors (Lipinski definition) is 1. The SMILES string of the molecule is CC(C)Cc1noc([C@@H](C)NC(=O)c2cnn3ccccc23)n1. The molecule has 7 nitrogen and oxygen atoms in total. The fourth-order valence-electron chi connectivity index (χ4n) is 2.34. The highest BCUT2D eigenvalue weighted by Gasteiger charge is 2.20. The molecule has 0 aromatic carbocycles. The average Bonchev–Trinajstić information content (AvgIpc) is 3.13. The van der Waals surface area contributed by atoms with Crippen LogP contribution in [0.15, 0.2) is 35.1 Å². The number of carbonyl (C=O) groups excluding carboxylic acids is 1. The lowest BCUT2D eigenvalue weighted by molar-refractivity contribution is 0.0934. The number of aromatic nitrogens is 4. The van der Waals surface area contributed by atoms with Crippen LogP contribution in [0.5, 0.6) is 0 Å². The number of amides is 1. The molecule has 0 bridgehead atoms. The fraction of sp³-hybridized carbons (Fsp3) is 0.375. The molecule has 1 N–H and O–H groups in total. The summed E-state index contributed by atoms with van der Waals surface area (Å²) in [5.41, 5.74) is 1.27. The quantitative estimate of drug-likeness (QED) is 0.782. The van der Waals surface area contributed by atoms with E-state index in [0.717, 1.165) is 11.9 Å². The number of fused-ring (bicyclic) bond motifs is 1. The van der Waals surface area contributed by atoms with Gasteiger partial charge in [-0.25, -0.2) is 4.52 Å². The number of carbonyl (C=O) groups is 1. The van der Waals surface area contributed by atoms with Gasteiger partial charge < -0.3 is 9.84 Å². The molecule has 0 saturated heterocycles. The van der Waals surface area contributed by atoms with Crippen LogP contribution in [0.1, 0.15) is 48.9 Å². The highest BCUT2D eigenvalue weighted by Crippen LogP contribution is 2.15. The summed E-state index contributed by atoms with van der Waals surface area (Å²) >= 11 is 0. The Hall–Kier alpha value is -2.70. The smallest absolute Gasteiger partial charge is 0.255 e. The molecule has 3 aromatic heterocycles. The van der Waals surface area contributed by atoms with Crippen LogP contribution in [0.25, 0.3) is 5.52 Å². The van der Waals surface area contributed by atoms with Crippen LogP contribution in [-0.2, 0) is 6.42 Å². The Labute approximate surface area is 133 Å². The van der Waals surface area contributed by atoms with E-state index in [4.69, 9.17) is 4.52 Å². The molecule has 0 aliphatic carbocycles. The monoisotopic (exact) mass is 313 g/mol. The lowest BCUT2D eigenvalue weighted by Crippen LogP contribution is -2.26. The molecule has 0 radical (unpaired) electrons. The topological polar surface area (TPSA) is 85.3 Å². The Balaban J connectivity index is 1.73. The second kappa shape index (κ2) is 6.20. The van der Waals surface area contributed by atoms with Crippen molar-refractivity contribution in [3.05, 3.63) is 47.9 Å². The first-order chi connectivity index (χ1) is 11.0. The molecule has 0 aliphatic heterocycles. The Morgan fingerprint density at radius 3 is 2.96 bits per heavy atom. The maximum absolute atomic E-state index is 12.4. The number of nitrogens with zero attached hydrogens (tertiary/aromatic N) is 4. The van der Waals surface area contributed by atoms with E-state index >= 15 is 0 Å². The number of rotatable bonds is 5. The van der Waals surface area contributed by atoms with Gasteiger partial charge in [0.15, 0.2) is 5.82 Å². The highest BCUT2D eigenvalue weighted by atomic mass is 16.5. The van der Waals surface area contributed by atoms with E-state index < -0.39 is 0 Å². The minimum absolute atomic E-state index is 0.220. The normalized spacial score (nSPS) is 12.7. The van der Waals surface area contributed by atoms with E-state index in [0.29, 0.717) is 23.2 Å². The molecule has 0 unspecified atom stereocenters. The van der Waals surface area contributed by atoms with Crippen molar-refractivity contribution in [2.75, 3.05) is 0 Å². The van der Waals surface area contributed by atoms with Crippen molar-refractivity contribution in [3.63, 3.8) is 0 Å². The van der Waals surface area contributed by atoms with Crippen LogP contribution in [-0.4, -0.2) is 25.7 Å². The molecule has 3 aromatic rings. The van der Waals surface area contributed by atoms with Crippen molar-refractivity contribution in [2.45, 2.75) is 33.2 Å². The lowest BCUT2D eigenvalue weighted by Gasteiger charge is -2.08. The summed E-state index contributed by atoms with van der Waals surface area (Å²) in [6.07, 6.45) is 4.10. The third-order valence-corrected chi connectivity index (χ3v) is 3.46. The molecule has 0 aliphatic rings. The zero-order valence-corrected chi connectivity index (χ0v) is 13.4. The summed E-state index contributed by atoms with van der Waals surface area (Å²) in [5.74, 6) is 1.30. The van der Waals surface area contributed by atoms with Crippen LogP contribution in [0, 0.1) is 5.92 Å². The van der Waals surface area contributed by atoms with Gasteiger partial charge in [-0.05, 0) is 25.0 Å². The second-order valence-electron chi connectivity index (χ2n) is 5.93. The van der Waals surface area contributed by atoms with E-state index in [2.05, 4.69) is 34.4 Å². The van der Waals surface area contributed by atoms with E-state index in [9.17, 15) is 4.79 Å². The molecule has 0 fully saturated rings. The van der Waals surface area contributed by atoms with Crippen molar-refractivity contribution in [2.24, 2.45) is 5.92 Å². The Morgan fingerprint density at radius 1 is 1.35 bits per heavy atom. The van der Waals surface area contributed by atoms with E-state index in [1.54, 1.807) is 16.9 Å². The molecule has 120 valence electrons. The van der Waals surface area contributed by atoms with Gasteiger partial charge in [-0.3, -0.25) is 4.79 Å². The first-order valence-electron chi connectivity index (χ1n) is 7.60. The Morgan fingerprint density at radius 2 is 2.17 bits per heavy atom. The molecule has 1 atom stereocenters. The lowest BCUT2D eigenvalue weighted by atomic mass is 10.1. The van der Waals surface area contributed by atoms with E-state index in [-0.39, 0.29) is 11.9 Å². The first-order valence-corrected chi connectivity index (χ1v) is 7.60. The van der Waals surface area contributed by atoms with Crippen LogP contribution >= 0.6 is 0 Å². The van der Waals surface area contributed by atoms with Gasteiger partial charge in [-0.1, -0.05) is 25.1 Å². The van der Waals surface area contributed by atoms with Crippen molar-refractivity contribution >= 4 is 11.4 Å².